The lowest BCUT2D eigenvalue weighted by molar-refractivity contribution is -0.590. The number of aromatic nitrogens is 3. The van der Waals surface area contributed by atoms with Gasteiger partial charge in [-0.1, -0.05) is 38.2 Å². The lowest BCUT2D eigenvalue weighted by Crippen LogP contribution is -2.28. The zero-order valence-electron chi connectivity index (χ0n) is 13.7. The topological polar surface area (TPSA) is 77.9 Å². The number of thiazole rings is 1. The molecule has 0 unspecified atom stereocenters. The second-order valence-corrected chi connectivity index (χ2v) is 7.31. The lowest BCUT2D eigenvalue weighted by atomic mass is 9.94. The number of rotatable bonds is 4. The van der Waals surface area contributed by atoms with Crippen LogP contribution in [0.4, 0.5) is 10.9 Å². The SMILES string of the molecule is CC(C)(C)c1cnc(/C=C/c2cnc(Nc3cccc[n+]3[O-])s2)o1. The van der Waals surface area contributed by atoms with E-state index in [0.717, 1.165) is 15.4 Å². The van der Waals surface area contributed by atoms with Crippen molar-refractivity contribution in [3.8, 4) is 0 Å². The normalized spacial score (nSPS) is 12.0. The molecule has 0 radical (unpaired) electrons. The summed E-state index contributed by atoms with van der Waals surface area (Å²) < 4.78 is 6.48. The molecule has 0 aliphatic heterocycles. The van der Waals surface area contributed by atoms with Gasteiger partial charge < -0.3 is 9.62 Å². The molecule has 3 rings (SSSR count). The second kappa shape index (κ2) is 6.45. The summed E-state index contributed by atoms with van der Waals surface area (Å²) in [4.78, 5) is 9.45. The first-order valence-corrected chi connectivity index (χ1v) is 8.29. The van der Waals surface area contributed by atoms with Gasteiger partial charge >= 0.3 is 0 Å². The number of nitrogens with zero attached hydrogens (tertiary/aromatic N) is 3. The Balaban J connectivity index is 1.70. The predicted molar refractivity (Wildman–Crippen MR) is 94.9 cm³/mol. The molecule has 3 heterocycles. The zero-order chi connectivity index (χ0) is 17.2. The van der Waals surface area contributed by atoms with E-state index in [4.69, 9.17) is 4.42 Å². The first-order chi connectivity index (χ1) is 11.4. The Morgan fingerprint density at radius 3 is 2.75 bits per heavy atom. The van der Waals surface area contributed by atoms with Gasteiger partial charge in [-0.15, -0.1) is 0 Å². The van der Waals surface area contributed by atoms with Crippen molar-refractivity contribution in [1.82, 2.24) is 9.97 Å². The van der Waals surface area contributed by atoms with Crippen molar-refractivity contribution in [2.45, 2.75) is 26.2 Å². The van der Waals surface area contributed by atoms with E-state index in [1.807, 2.05) is 12.2 Å². The van der Waals surface area contributed by atoms with Crippen molar-refractivity contribution in [3.63, 3.8) is 0 Å². The molecule has 0 bridgehead atoms. The average molecular weight is 342 g/mol. The minimum Gasteiger partial charge on any atom is -0.711 e. The highest BCUT2D eigenvalue weighted by Crippen LogP contribution is 2.25. The quantitative estimate of drug-likeness (QED) is 0.573. The van der Waals surface area contributed by atoms with Gasteiger partial charge in [0.15, 0.2) is 0 Å². The molecule has 3 aromatic heterocycles. The van der Waals surface area contributed by atoms with Crippen molar-refractivity contribution in [2.75, 3.05) is 5.32 Å². The minimum absolute atomic E-state index is 0.0654. The van der Waals surface area contributed by atoms with Crippen LogP contribution >= 0.6 is 11.3 Å². The second-order valence-electron chi connectivity index (χ2n) is 6.25. The van der Waals surface area contributed by atoms with Crippen LogP contribution in [0.5, 0.6) is 0 Å². The largest absolute Gasteiger partial charge is 0.711 e. The first-order valence-electron chi connectivity index (χ1n) is 7.47. The highest BCUT2D eigenvalue weighted by molar-refractivity contribution is 7.16. The van der Waals surface area contributed by atoms with Crippen molar-refractivity contribution in [1.29, 1.82) is 0 Å². The number of pyridine rings is 1. The molecule has 3 aromatic rings. The molecule has 6 nitrogen and oxygen atoms in total. The number of hydrogen-bond acceptors (Lipinski definition) is 6. The van der Waals surface area contributed by atoms with Gasteiger partial charge in [0.25, 0.3) is 10.9 Å². The maximum Gasteiger partial charge on any atom is 0.284 e. The van der Waals surface area contributed by atoms with Gasteiger partial charge in [0.2, 0.25) is 5.89 Å². The smallest absolute Gasteiger partial charge is 0.284 e. The Morgan fingerprint density at radius 2 is 2.04 bits per heavy atom. The summed E-state index contributed by atoms with van der Waals surface area (Å²) in [5, 5.41) is 15.3. The van der Waals surface area contributed by atoms with Crippen LogP contribution in [0.1, 0.15) is 37.3 Å². The Labute approximate surface area is 144 Å². The van der Waals surface area contributed by atoms with E-state index >= 15 is 0 Å². The van der Waals surface area contributed by atoms with E-state index in [1.54, 1.807) is 30.6 Å². The first kappa shape index (κ1) is 16.2. The van der Waals surface area contributed by atoms with Gasteiger partial charge in [-0.2, -0.15) is 0 Å². The summed E-state index contributed by atoms with van der Waals surface area (Å²) in [6.45, 7) is 6.23. The van der Waals surface area contributed by atoms with Crippen molar-refractivity contribution >= 4 is 34.4 Å². The monoisotopic (exact) mass is 342 g/mol. The molecule has 24 heavy (non-hydrogen) atoms. The van der Waals surface area contributed by atoms with E-state index in [-0.39, 0.29) is 5.41 Å². The molecule has 0 spiro atoms. The van der Waals surface area contributed by atoms with Gasteiger partial charge in [0, 0.05) is 23.8 Å². The van der Waals surface area contributed by atoms with Crippen LogP contribution in [0.25, 0.3) is 12.2 Å². The van der Waals surface area contributed by atoms with Crippen LogP contribution in [0.15, 0.2) is 41.2 Å². The molecule has 0 aliphatic rings. The lowest BCUT2D eigenvalue weighted by Gasteiger charge is -2.12. The molecule has 124 valence electrons. The Kier molecular flexibility index (Phi) is 4.35. The molecule has 0 saturated carbocycles. The molecule has 1 N–H and O–H groups in total. The fourth-order valence-electron chi connectivity index (χ4n) is 1.92. The molecule has 0 saturated heterocycles. The van der Waals surface area contributed by atoms with Crippen LogP contribution in [-0.4, -0.2) is 9.97 Å². The Bertz CT molecular complexity index is 861. The van der Waals surface area contributed by atoms with E-state index in [2.05, 4.69) is 36.1 Å². The van der Waals surface area contributed by atoms with Crippen LogP contribution < -0.4 is 10.0 Å². The highest BCUT2D eigenvalue weighted by atomic mass is 32.1. The standard InChI is InChI=1S/C17H18N4O2S/c1-17(2,3)13-11-18-15(23-13)8-7-12-10-19-16(24-12)20-14-6-4-5-9-21(14)22/h4-11H,1-3H3,(H,19,20)/b8-7+. The maximum absolute atomic E-state index is 11.6. The van der Waals surface area contributed by atoms with Crippen LogP contribution in [0.3, 0.4) is 0 Å². The highest BCUT2D eigenvalue weighted by Gasteiger charge is 2.18. The molecule has 0 aliphatic carbocycles. The average Bonchev–Trinajstić information content (AvgIpc) is 3.16. The summed E-state index contributed by atoms with van der Waals surface area (Å²) in [6, 6.07) is 5.17. The van der Waals surface area contributed by atoms with Gasteiger partial charge in [0.05, 0.1) is 17.3 Å². The third-order valence-corrected chi connectivity index (χ3v) is 4.11. The Morgan fingerprint density at radius 1 is 1.21 bits per heavy atom. The molecular weight excluding hydrogens is 324 g/mol. The van der Waals surface area contributed by atoms with Crippen molar-refractivity contribution in [2.24, 2.45) is 0 Å². The zero-order valence-corrected chi connectivity index (χ0v) is 14.5. The summed E-state index contributed by atoms with van der Waals surface area (Å²) in [6.07, 6.45) is 8.61. The number of nitrogens with one attached hydrogen (secondary N) is 1. The van der Waals surface area contributed by atoms with E-state index in [1.165, 1.54) is 17.5 Å². The maximum atomic E-state index is 11.6. The van der Waals surface area contributed by atoms with Crippen LogP contribution in [-0.2, 0) is 5.41 Å². The predicted octanol–water partition coefficient (Wildman–Crippen LogP) is 3.98. The molecular formula is C17H18N4O2S. The van der Waals surface area contributed by atoms with Gasteiger partial charge in [-0.05, 0) is 12.1 Å². The fourth-order valence-corrected chi connectivity index (χ4v) is 2.65. The summed E-state index contributed by atoms with van der Waals surface area (Å²) >= 11 is 1.44. The van der Waals surface area contributed by atoms with E-state index < -0.39 is 0 Å². The van der Waals surface area contributed by atoms with Crippen molar-refractivity contribution in [3.05, 3.63) is 58.5 Å². The minimum atomic E-state index is -0.0654. The molecule has 0 fully saturated rings. The number of oxazole rings is 1. The van der Waals surface area contributed by atoms with Gasteiger partial charge in [0.1, 0.15) is 5.76 Å². The van der Waals surface area contributed by atoms with Crippen molar-refractivity contribution < 1.29 is 9.15 Å². The number of hydrogen-bond donors (Lipinski definition) is 1. The number of anilines is 2. The van der Waals surface area contributed by atoms with Crippen LogP contribution in [0, 0.1) is 5.21 Å². The third kappa shape index (κ3) is 3.80. The molecule has 0 amide bonds. The third-order valence-electron chi connectivity index (χ3n) is 3.24. The van der Waals surface area contributed by atoms with E-state index in [9.17, 15) is 5.21 Å². The molecule has 7 heteroatoms. The Hall–Kier alpha value is -2.67. The fraction of sp³-hybridized carbons (Fsp3) is 0.235. The summed E-state index contributed by atoms with van der Waals surface area (Å²) in [5.74, 6) is 1.84. The van der Waals surface area contributed by atoms with E-state index in [0.29, 0.717) is 16.8 Å². The summed E-state index contributed by atoms with van der Waals surface area (Å²) in [5.41, 5.74) is -0.0654. The van der Waals surface area contributed by atoms with Gasteiger partial charge in [-0.3, -0.25) is 0 Å². The van der Waals surface area contributed by atoms with Crippen LogP contribution in [0.2, 0.25) is 0 Å². The summed E-state index contributed by atoms with van der Waals surface area (Å²) in [7, 11) is 0. The van der Waals surface area contributed by atoms with Gasteiger partial charge in [-0.25, -0.2) is 20.0 Å². The molecule has 0 atom stereocenters. The molecule has 0 aromatic carbocycles.